The number of rotatable bonds is 6. The first-order valence-corrected chi connectivity index (χ1v) is 10.5. The number of methoxy groups -OCH3 is 2. The second-order valence-corrected chi connectivity index (χ2v) is 7.89. The lowest BCUT2D eigenvalue weighted by Gasteiger charge is -2.50. The van der Waals surface area contributed by atoms with Crippen LogP contribution in [0.4, 0.5) is 0 Å². The van der Waals surface area contributed by atoms with Crippen molar-refractivity contribution in [3.05, 3.63) is 90.0 Å². The van der Waals surface area contributed by atoms with Gasteiger partial charge in [-0.2, -0.15) is 5.06 Å². The zero-order valence-electron chi connectivity index (χ0n) is 18.4. The van der Waals surface area contributed by atoms with E-state index in [1.807, 2.05) is 59.7 Å². The van der Waals surface area contributed by atoms with E-state index >= 15 is 0 Å². The van der Waals surface area contributed by atoms with Gasteiger partial charge >= 0.3 is 7.12 Å². The highest BCUT2D eigenvalue weighted by Crippen LogP contribution is 2.39. The standard InChI is InChI=1S/C25H28BNO4/c1-19-25(2,21-10-14-23(28-3)15-11-21)27(18-20-8-6-5-7-9-20)31-26(30-19)22-12-16-24(29-4)17-13-22/h5-17,19H,18H2,1-4H3/t19-,25+/m0/s1. The smallest absolute Gasteiger partial charge is 0.497 e. The molecular formula is C25H28BNO4. The van der Waals surface area contributed by atoms with Gasteiger partial charge in [-0.1, -0.05) is 54.6 Å². The van der Waals surface area contributed by atoms with Gasteiger partial charge in [0.25, 0.3) is 0 Å². The molecule has 0 unspecified atom stereocenters. The molecule has 0 radical (unpaired) electrons. The molecule has 0 N–H and O–H groups in total. The molecule has 6 heteroatoms. The third-order valence-corrected chi connectivity index (χ3v) is 6.09. The van der Waals surface area contributed by atoms with Gasteiger partial charge in [0.15, 0.2) is 0 Å². The summed E-state index contributed by atoms with van der Waals surface area (Å²) in [6.07, 6.45) is -0.134. The minimum atomic E-state index is -0.504. The molecule has 1 heterocycles. The van der Waals surface area contributed by atoms with Crippen LogP contribution in [0.1, 0.15) is 25.0 Å². The molecule has 0 aliphatic carbocycles. The van der Waals surface area contributed by atoms with E-state index < -0.39 is 12.7 Å². The SMILES string of the molecule is COc1ccc(B2O[C@@H](C)[C@](C)(c3ccc(OC)cc3)N(Cc3ccccc3)O2)cc1. The summed E-state index contributed by atoms with van der Waals surface area (Å²) in [6, 6.07) is 26.2. The van der Waals surface area contributed by atoms with Crippen molar-refractivity contribution in [3.63, 3.8) is 0 Å². The second-order valence-electron chi connectivity index (χ2n) is 7.89. The summed E-state index contributed by atoms with van der Waals surface area (Å²) in [6.45, 7) is 4.89. The van der Waals surface area contributed by atoms with Crippen LogP contribution in [0, 0.1) is 0 Å². The summed E-state index contributed by atoms with van der Waals surface area (Å²) >= 11 is 0. The molecule has 2 atom stereocenters. The molecule has 1 aliphatic heterocycles. The van der Waals surface area contributed by atoms with Gasteiger partial charge in [0, 0.05) is 6.54 Å². The van der Waals surface area contributed by atoms with E-state index in [-0.39, 0.29) is 6.10 Å². The van der Waals surface area contributed by atoms with Crippen molar-refractivity contribution in [3.8, 4) is 11.5 Å². The summed E-state index contributed by atoms with van der Waals surface area (Å²) < 4.78 is 23.5. The second kappa shape index (κ2) is 9.14. The molecule has 160 valence electrons. The van der Waals surface area contributed by atoms with Crippen molar-refractivity contribution >= 4 is 12.6 Å². The topological polar surface area (TPSA) is 40.2 Å². The van der Waals surface area contributed by atoms with Crippen LogP contribution in [0.5, 0.6) is 11.5 Å². The van der Waals surface area contributed by atoms with Crippen molar-refractivity contribution in [2.24, 2.45) is 0 Å². The molecule has 1 saturated heterocycles. The first-order valence-electron chi connectivity index (χ1n) is 10.5. The average Bonchev–Trinajstić information content (AvgIpc) is 2.82. The minimum Gasteiger partial charge on any atom is -0.497 e. The highest BCUT2D eigenvalue weighted by molar-refractivity contribution is 6.61. The lowest BCUT2D eigenvalue weighted by Crippen LogP contribution is -2.62. The molecule has 3 aromatic rings. The van der Waals surface area contributed by atoms with E-state index in [0.29, 0.717) is 6.54 Å². The Balaban J connectivity index is 1.69. The molecule has 31 heavy (non-hydrogen) atoms. The Hall–Kier alpha value is -2.80. The van der Waals surface area contributed by atoms with Crippen LogP contribution in [0.2, 0.25) is 0 Å². The van der Waals surface area contributed by atoms with Crippen molar-refractivity contribution in [1.82, 2.24) is 5.06 Å². The van der Waals surface area contributed by atoms with E-state index in [1.165, 1.54) is 5.56 Å². The third-order valence-electron chi connectivity index (χ3n) is 6.09. The maximum Gasteiger partial charge on any atom is 0.511 e. The largest absolute Gasteiger partial charge is 0.511 e. The fourth-order valence-corrected chi connectivity index (χ4v) is 3.93. The Morgan fingerprint density at radius 1 is 0.871 bits per heavy atom. The van der Waals surface area contributed by atoms with Crippen LogP contribution in [0.3, 0.4) is 0 Å². The van der Waals surface area contributed by atoms with Crippen molar-refractivity contribution in [2.75, 3.05) is 14.2 Å². The average molecular weight is 417 g/mol. The zero-order valence-corrected chi connectivity index (χ0v) is 18.4. The van der Waals surface area contributed by atoms with Crippen LogP contribution >= 0.6 is 0 Å². The molecule has 5 nitrogen and oxygen atoms in total. The van der Waals surface area contributed by atoms with Crippen molar-refractivity contribution in [1.29, 1.82) is 0 Å². The van der Waals surface area contributed by atoms with Crippen molar-refractivity contribution < 1.29 is 18.9 Å². The summed E-state index contributed by atoms with van der Waals surface area (Å²) in [5.74, 6) is 1.63. The minimum absolute atomic E-state index is 0.134. The molecule has 0 amide bonds. The third kappa shape index (κ3) is 4.33. The molecule has 4 rings (SSSR count). The van der Waals surface area contributed by atoms with Crippen LogP contribution in [-0.4, -0.2) is 32.5 Å². The zero-order chi connectivity index (χ0) is 21.8. The normalized spacial score (nSPS) is 21.7. The van der Waals surface area contributed by atoms with Gasteiger partial charge in [-0.05, 0) is 54.7 Å². The lowest BCUT2D eigenvalue weighted by molar-refractivity contribution is -0.231. The maximum atomic E-state index is 6.49. The number of benzene rings is 3. The number of nitrogens with zero attached hydrogens (tertiary/aromatic N) is 1. The number of ether oxygens (including phenoxy) is 2. The van der Waals surface area contributed by atoms with E-state index in [2.05, 4.69) is 38.1 Å². The van der Waals surface area contributed by atoms with Crippen LogP contribution in [-0.2, 0) is 21.5 Å². The Bertz CT molecular complexity index is 981. The molecule has 0 bridgehead atoms. The fourth-order valence-electron chi connectivity index (χ4n) is 3.93. The molecule has 0 saturated carbocycles. The van der Waals surface area contributed by atoms with E-state index in [1.54, 1.807) is 14.2 Å². The molecule has 1 aliphatic rings. The number of hydroxylamine groups is 2. The fraction of sp³-hybridized carbons (Fsp3) is 0.280. The van der Waals surface area contributed by atoms with E-state index in [4.69, 9.17) is 18.9 Å². The predicted octanol–water partition coefficient (Wildman–Crippen LogP) is 4.17. The quantitative estimate of drug-likeness (QED) is 0.564. The highest BCUT2D eigenvalue weighted by atomic mass is 16.7. The van der Waals surface area contributed by atoms with E-state index in [0.717, 1.165) is 22.5 Å². The Morgan fingerprint density at radius 2 is 1.45 bits per heavy atom. The van der Waals surface area contributed by atoms with Crippen LogP contribution in [0.15, 0.2) is 78.9 Å². The highest BCUT2D eigenvalue weighted by Gasteiger charge is 2.49. The first kappa shape index (κ1) is 21.4. The summed E-state index contributed by atoms with van der Waals surface area (Å²) in [7, 11) is 2.83. The summed E-state index contributed by atoms with van der Waals surface area (Å²) in [5, 5.41) is 2.05. The van der Waals surface area contributed by atoms with Gasteiger partial charge in [0.05, 0.1) is 25.9 Å². The van der Waals surface area contributed by atoms with Crippen LogP contribution in [0.25, 0.3) is 0 Å². The summed E-state index contributed by atoms with van der Waals surface area (Å²) in [5.41, 5.74) is 2.72. The Labute approximate surface area is 184 Å². The number of hydrogen-bond acceptors (Lipinski definition) is 5. The molecule has 0 aromatic heterocycles. The van der Waals surface area contributed by atoms with Gasteiger partial charge < -0.3 is 18.9 Å². The maximum absolute atomic E-state index is 6.49. The monoisotopic (exact) mass is 417 g/mol. The van der Waals surface area contributed by atoms with Gasteiger partial charge in [-0.3, -0.25) is 0 Å². The lowest BCUT2D eigenvalue weighted by atomic mass is 9.75. The van der Waals surface area contributed by atoms with Gasteiger partial charge in [-0.15, -0.1) is 0 Å². The van der Waals surface area contributed by atoms with E-state index in [9.17, 15) is 0 Å². The summed E-state index contributed by atoms with van der Waals surface area (Å²) in [4.78, 5) is 0. The Kier molecular flexibility index (Phi) is 6.32. The van der Waals surface area contributed by atoms with Gasteiger partial charge in [0.1, 0.15) is 11.5 Å². The Morgan fingerprint density at radius 3 is 2.03 bits per heavy atom. The molecule has 3 aromatic carbocycles. The first-order chi connectivity index (χ1) is 15.0. The molecule has 0 spiro atoms. The van der Waals surface area contributed by atoms with Gasteiger partial charge in [-0.25, -0.2) is 0 Å². The van der Waals surface area contributed by atoms with Crippen LogP contribution < -0.4 is 14.9 Å². The molecular weight excluding hydrogens is 389 g/mol. The van der Waals surface area contributed by atoms with Gasteiger partial charge in [0.2, 0.25) is 0 Å². The molecule has 1 fully saturated rings. The number of hydrogen-bond donors (Lipinski definition) is 0. The predicted molar refractivity (Wildman–Crippen MR) is 122 cm³/mol. The van der Waals surface area contributed by atoms with Crippen molar-refractivity contribution in [2.45, 2.75) is 32.0 Å².